The minimum atomic E-state index is 0.552. The smallest absolute Gasteiger partial charge is 0.229 e. The molecule has 3 nitrogen and oxygen atoms in total. The van der Waals surface area contributed by atoms with Crippen LogP contribution >= 0.6 is 11.8 Å². The number of nitrogens with zero attached hydrogens (tertiary/aromatic N) is 2. The normalized spacial score (nSPS) is 14.9. The highest BCUT2D eigenvalue weighted by Gasteiger charge is 2.29. The lowest BCUT2D eigenvalue weighted by atomic mass is 10.4. The van der Waals surface area contributed by atoms with Crippen LogP contribution in [0.15, 0.2) is 4.52 Å². The van der Waals surface area contributed by atoms with Crippen LogP contribution in [-0.2, 0) is 5.75 Å². The highest BCUT2D eigenvalue weighted by atomic mass is 32.2. The maximum atomic E-state index is 5.14. The molecule has 1 aliphatic rings. The summed E-state index contributed by atoms with van der Waals surface area (Å²) in [7, 11) is 0. The summed E-state index contributed by atoms with van der Waals surface area (Å²) < 4.78 is 5.14. The number of aromatic nitrogens is 2. The summed E-state index contributed by atoms with van der Waals surface area (Å²) in [5.41, 5.74) is 0. The Hall–Kier alpha value is -0.950. The zero-order valence-corrected chi connectivity index (χ0v) is 8.93. The van der Waals surface area contributed by atoms with Crippen molar-refractivity contribution in [2.24, 2.45) is 0 Å². The highest BCUT2D eigenvalue weighted by Crippen LogP contribution is 2.38. The molecule has 0 spiro atoms. The van der Waals surface area contributed by atoms with Gasteiger partial charge in [0, 0.05) is 5.92 Å². The van der Waals surface area contributed by atoms with Gasteiger partial charge in [0.15, 0.2) is 5.82 Å². The molecule has 1 aliphatic carbocycles. The SMILES string of the molecule is CC#CCSCc1noc(C2CC2)n1. The summed E-state index contributed by atoms with van der Waals surface area (Å²) >= 11 is 1.72. The van der Waals surface area contributed by atoms with Gasteiger partial charge in [-0.15, -0.1) is 17.7 Å². The first-order valence-electron chi connectivity index (χ1n) is 4.70. The number of hydrogen-bond donors (Lipinski definition) is 0. The fourth-order valence-electron chi connectivity index (χ4n) is 1.09. The van der Waals surface area contributed by atoms with Crippen molar-refractivity contribution < 1.29 is 4.52 Å². The van der Waals surface area contributed by atoms with Crippen molar-refractivity contribution in [2.45, 2.75) is 31.4 Å². The van der Waals surface area contributed by atoms with Crippen LogP contribution in [-0.4, -0.2) is 15.9 Å². The molecule has 4 heteroatoms. The lowest BCUT2D eigenvalue weighted by Gasteiger charge is -1.88. The highest BCUT2D eigenvalue weighted by molar-refractivity contribution is 7.98. The third-order valence-corrected chi connectivity index (χ3v) is 2.80. The molecule has 1 aromatic heterocycles. The summed E-state index contributed by atoms with van der Waals surface area (Å²) in [6.07, 6.45) is 2.41. The molecule has 2 rings (SSSR count). The first-order valence-corrected chi connectivity index (χ1v) is 5.85. The van der Waals surface area contributed by atoms with Crippen LogP contribution in [0.1, 0.15) is 37.4 Å². The Morgan fingerprint density at radius 3 is 3.14 bits per heavy atom. The van der Waals surface area contributed by atoms with E-state index in [1.165, 1.54) is 12.8 Å². The molecule has 0 unspecified atom stereocenters. The van der Waals surface area contributed by atoms with Gasteiger partial charge in [-0.25, -0.2) is 0 Å². The molecule has 1 saturated carbocycles. The molecule has 1 fully saturated rings. The van der Waals surface area contributed by atoms with E-state index in [2.05, 4.69) is 22.0 Å². The molecule has 14 heavy (non-hydrogen) atoms. The van der Waals surface area contributed by atoms with Gasteiger partial charge in [-0.05, 0) is 19.8 Å². The maximum absolute atomic E-state index is 5.14. The Balaban J connectivity index is 1.79. The van der Waals surface area contributed by atoms with Gasteiger partial charge < -0.3 is 4.52 Å². The molecule has 1 aromatic rings. The van der Waals surface area contributed by atoms with Crippen molar-refractivity contribution in [2.75, 3.05) is 5.75 Å². The van der Waals surface area contributed by atoms with E-state index in [0.717, 1.165) is 23.2 Å². The average Bonchev–Trinajstić information content (AvgIpc) is 2.94. The van der Waals surface area contributed by atoms with E-state index >= 15 is 0 Å². The van der Waals surface area contributed by atoms with Gasteiger partial charge in [-0.1, -0.05) is 11.1 Å². The van der Waals surface area contributed by atoms with Crippen LogP contribution in [0.2, 0.25) is 0 Å². The Bertz CT molecular complexity index is 360. The lowest BCUT2D eigenvalue weighted by molar-refractivity contribution is 0.375. The van der Waals surface area contributed by atoms with Crippen LogP contribution in [0.5, 0.6) is 0 Å². The van der Waals surface area contributed by atoms with E-state index < -0.39 is 0 Å². The summed E-state index contributed by atoms with van der Waals surface area (Å²) in [5.74, 6) is 9.65. The van der Waals surface area contributed by atoms with E-state index in [9.17, 15) is 0 Å². The fraction of sp³-hybridized carbons (Fsp3) is 0.600. The van der Waals surface area contributed by atoms with Crippen molar-refractivity contribution in [3.63, 3.8) is 0 Å². The Kier molecular flexibility index (Phi) is 3.10. The van der Waals surface area contributed by atoms with Crippen LogP contribution < -0.4 is 0 Å². The second-order valence-electron chi connectivity index (χ2n) is 3.24. The van der Waals surface area contributed by atoms with Gasteiger partial charge in [0.05, 0.1) is 11.5 Å². The van der Waals surface area contributed by atoms with Crippen LogP contribution in [0, 0.1) is 11.8 Å². The number of rotatable bonds is 4. The van der Waals surface area contributed by atoms with Gasteiger partial charge >= 0.3 is 0 Å². The van der Waals surface area contributed by atoms with Crippen molar-refractivity contribution in [1.82, 2.24) is 10.1 Å². The first kappa shape index (κ1) is 9.60. The molecule has 0 radical (unpaired) electrons. The van der Waals surface area contributed by atoms with Gasteiger partial charge in [0.25, 0.3) is 0 Å². The molecule has 0 saturated heterocycles. The van der Waals surface area contributed by atoms with Crippen molar-refractivity contribution in [1.29, 1.82) is 0 Å². The Morgan fingerprint density at radius 1 is 1.57 bits per heavy atom. The molecule has 1 heterocycles. The van der Waals surface area contributed by atoms with Crippen LogP contribution in [0.25, 0.3) is 0 Å². The summed E-state index contributed by atoms with van der Waals surface area (Å²) in [4.78, 5) is 4.32. The number of hydrogen-bond acceptors (Lipinski definition) is 4. The monoisotopic (exact) mass is 208 g/mol. The molecule has 0 aromatic carbocycles. The molecule has 0 aliphatic heterocycles. The van der Waals surface area contributed by atoms with E-state index in [-0.39, 0.29) is 0 Å². The zero-order chi connectivity index (χ0) is 9.80. The molecule has 0 bridgehead atoms. The average molecular weight is 208 g/mol. The van der Waals surface area contributed by atoms with E-state index in [0.29, 0.717) is 5.92 Å². The minimum absolute atomic E-state index is 0.552. The van der Waals surface area contributed by atoms with Gasteiger partial charge in [-0.2, -0.15) is 4.98 Å². The van der Waals surface area contributed by atoms with E-state index in [4.69, 9.17) is 4.52 Å². The first-order chi connectivity index (χ1) is 6.90. The Morgan fingerprint density at radius 2 is 2.43 bits per heavy atom. The van der Waals surface area contributed by atoms with Crippen LogP contribution in [0.3, 0.4) is 0 Å². The molecule has 0 atom stereocenters. The second-order valence-corrected chi connectivity index (χ2v) is 4.23. The van der Waals surface area contributed by atoms with Crippen molar-refractivity contribution >= 4 is 11.8 Å². The molecule has 74 valence electrons. The maximum Gasteiger partial charge on any atom is 0.229 e. The fourth-order valence-corrected chi connectivity index (χ4v) is 1.74. The van der Waals surface area contributed by atoms with Gasteiger partial charge in [0.1, 0.15) is 0 Å². The van der Waals surface area contributed by atoms with E-state index in [1.807, 2.05) is 6.92 Å². The second kappa shape index (κ2) is 4.52. The summed E-state index contributed by atoms with van der Waals surface area (Å²) in [5, 5.41) is 3.92. The molecular weight excluding hydrogens is 196 g/mol. The predicted molar refractivity (Wildman–Crippen MR) is 55.9 cm³/mol. The summed E-state index contributed by atoms with van der Waals surface area (Å²) in [6.45, 7) is 1.85. The zero-order valence-electron chi connectivity index (χ0n) is 8.12. The van der Waals surface area contributed by atoms with E-state index in [1.54, 1.807) is 11.8 Å². The lowest BCUT2D eigenvalue weighted by Crippen LogP contribution is -1.85. The number of thioether (sulfide) groups is 1. The Labute approximate surface area is 87.7 Å². The minimum Gasteiger partial charge on any atom is -0.339 e. The van der Waals surface area contributed by atoms with Crippen molar-refractivity contribution in [3.05, 3.63) is 11.7 Å². The van der Waals surface area contributed by atoms with Gasteiger partial charge in [-0.3, -0.25) is 0 Å². The van der Waals surface area contributed by atoms with Crippen molar-refractivity contribution in [3.8, 4) is 11.8 Å². The van der Waals surface area contributed by atoms with Gasteiger partial charge in [0.2, 0.25) is 5.89 Å². The molecule has 0 N–H and O–H groups in total. The molecule has 0 amide bonds. The topological polar surface area (TPSA) is 38.9 Å². The largest absolute Gasteiger partial charge is 0.339 e. The summed E-state index contributed by atoms with van der Waals surface area (Å²) in [6, 6.07) is 0. The van der Waals surface area contributed by atoms with Crippen LogP contribution in [0.4, 0.5) is 0 Å². The standard InChI is InChI=1S/C10H12N2OS/c1-2-3-6-14-7-9-11-10(13-12-9)8-4-5-8/h8H,4-7H2,1H3. The quantitative estimate of drug-likeness (QED) is 0.561. The molecular formula is C10H12N2OS. The third-order valence-electron chi connectivity index (χ3n) is 1.99. The third kappa shape index (κ3) is 2.52. The predicted octanol–water partition coefficient (Wildman–Crippen LogP) is 2.20.